The number of nitrogens with zero attached hydrogens (tertiary/aromatic N) is 3. The molecule has 2 aliphatic heterocycles. The van der Waals surface area contributed by atoms with Crippen LogP contribution in [0.4, 0.5) is 17.1 Å². The molecule has 3 heterocycles. The van der Waals surface area contributed by atoms with E-state index in [2.05, 4.69) is 0 Å². The molecule has 10 nitrogen and oxygen atoms in total. The van der Waals surface area contributed by atoms with Crippen molar-refractivity contribution in [2.24, 2.45) is 0 Å². The Hall–Kier alpha value is -3.45. The average molecular weight is 547 g/mol. The van der Waals surface area contributed by atoms with E-state index in [0.717, 1.165) is 21.9 Å². The molecule has 0 bridgehead atoms. The molecular formula is C23H19ClN4O6S2. The van der Waals surface area contributed by atoms with E-state index in [1.807, 2.05) is 0 Å². The molecule has 1 fully saturated rings. The van der Waals surface area contributed by atoms with Crippen LogP contribution in [0.25, 0.3) is 0 Å². The lowest BCUT2D eigenvalue weighted by Crippen LogP contribution is -2.36. The quantitative estimate of drug-likeness (QED) is 0.449. The predicted octanol–water partition coefficient (Wildman–Crippen LogP) is 3.83. The number of hydrogen-bond donors (Lipinski definition) is 2. The number of amides is 2. The SMILES string of the molecule is N=C1OCCN1c1ccc(N2Cc3cccc(N(CS(=O)(=O)O)C(=O)c4ccc(Cl)s4)c3C2=O)cc1. The van der Waals surface area contributed by atoms with Crippen LogP contribution in [0.1, 0.15) is 25.6 Å². The second-order valence-corrected chi connectivity index (χ2v) is 11.2. The maximum absolute atomic E-state index is 13.5. The van der Waals surface area contributed by atoms with Gasteiger partial charge < -0.3 is 9.64 Å². The summed E-state index contributed by atoms with van der Waals surface area (Å²) >= 11 is 6.91. The third kappa shape index (κ3) is 4.55. The monoisotopic (exact) mass is 546 g/mol. The number of amidine groups is 1. The number of carbonyl (C=O) groups is 2. The van der Waals surface area contributed by atoms with Gasteiger partial charge in [0.15, 0.2) is 5.88 Å². The molecule has 3 aromatic rings. The van der Waals surface area contributed by atoms with Crippen molar-refractivity contribution >= 4 is 68.0 Å². The molecule has 2 aromatic carbocycles. The van der Waals surface area contributed by atoms with Crippen molar-refractivity contribution < 1.29 is 27.3 Å². The van der Waals surface area contributed by atoms with Gasteiger partial charge in [0.1, 0.15) is 6.61 Å². The molecule has 13 heteroatoms. The molecular weight excluding hydrogens is 528 g/mol. The van der Waals surface area contributed by atoms with Gasteiger partial charge >= 0.3 is 0 Å². The van der Waals surface area contributed by atoms with Gasteiger partial charge in [-0.15, -0.1) is 11.3 Å². The van der Waals surface area contributed by atoms with Gasteiger partial charge in [0.2, 0.25) is 0 Å². The first-order valence-electron chi connectivity index (χ1n) is 10.7. The van der Waals surface area contributed by atoms with Gasteiger partial charge in [0.25, 0.3) is 28.0 Å². The Bertz CT molecular complexity index is 1490. The van der Waals surface area contributed by atoms with Crippen molar-refractivity contribution in [3.8, 4) is 0 Å². The topological polar surface area (TPSA) is 131 Å². The number of ether oxygens (including phenoxy) is 1. The number of rotatable bonds is 6. The molecule has 1 saturated heterocycles. The average Bonchev–Trinajstić information content (AvgIpc) is 3.55. The number of hydrogen-bond acceptors (Lipinski definition) is 7. The summed E-state index contributed by atoms with van der Waals surface area (Å²) < 4.78 is 38.7. The molecule has 0 atom stereocenters. The molecule has 5 rings (SSSR count). The van der Waals surface area contributed by atoms with Crippen LogP contribution in [0, 0.1) is 5.41 Å². The van der Waals surface area contributed by atoms with Gasteiger partial charge in [-0.25, -0.2) is 0 Å². The number of fused-ring (bicyclic) bond motifs is 1. The van der Waals surface area contributed by atoms with E-state index in [9.17, 15) is 22.6 Å². The Kier molecular flexibility index (Phi) is 6.20. The van der Waals surface area contributed by atoms with Gasteiger partial charge in [0.05, 0.1) is 33.6 Å². The molecule has 2 aliphatic rings. The lowest BCUT2D eigenvalue weighted by Gasteiger charge is -2.23. The Morgan fingerprint density at radius 3 is 2.39 bits per heavy atom. The summed E-state index contributed by atoms with van der Waals surface area (Å²) in [5.41, 5.74) is 2.21. The summed E-state index contributed by atoms with van der Waals surface area (Å²) in [6.07, 6.45) is 0. The fourth-order valence-electron chi connectivity index (χ4n) is 4.21. The zero-order chi connectivity index (χ0) is 25.6. The maximum Gasteiger partial charge on any atom is 0.289 e. The molecule has 0 spiro atoms. The molecule has 2 N–H and O–H groups in total. The fraction of sp³-hybridized carbons (Fsp3) is 0.174. The van der Waals surface area contributed by atoms with Crippen LogP contribution in [-0.2, 0) is 21.4 Å². The van der Waals surface area contributed by atoms with Crippen molar-refractivity contribution in [3.63, 3.8) is 0 Å². The zero-order valence-corrected chi connectivity index (χ0v) is 20.9. The van der Waals surface area contributed by atoms with Crippen LogP contribution in [0.3, 0.4) is 0 Å². The molecule has 0 aliphatic carbocycles. The van der Waals surface area contributed by atoms with Crippen molar-refractivity contribution in [2.45, 2.75) is 6.54 Å². The van der Waals surface area contributed by atoms with Crippen molar-refractivity contribution in [3.05, 3.63) is 74.9 Å². The third-order valence-electron chi connectivity index (χ3n) is 5.80. The summed E-state index contributed by atoms with van der Waals surface area (Å²) in [6, 6.07) is 14.9. The highest BCUT2D eigenvalue weighted by Crippen LogP contribution is 2.36. The highest BCUT2D eigenvalue weighted by Gasteiger charge is 2.35. The Morgan fingerprint density at radius 1 is 1.11 bits per heavy atom. The van der Waals surface area contributed by atoms with E-state index in [-0.39, 0.29) is 28.7 Å². The number of thiophene rings is 1. The minimum Gasteiger partial charge on any atom is -0.463 e. The number of benzene rings is 2. The zero-order valence-electron chi connectivity index (χ0n) is 18.5. The largest absolute Gasteiger partial charge is 0.463 e. The van der Waals surface area contributed by atoms with E-state index in [1.165, 1.54) is 23.1 Å². The predicted molar refractivity (Wildman–Crippen MR) is 137 cm³/mol. The Balaban J connectivity index is 1.49. The van der Waals surface area contributed by atoms with Gasteiger partial charge in [0, 0.05) is 11.4 Å². The van der Waals surface area contributed by atoms with Crippen LogP contribution < -0.4 is 14.7 Å². The highest BCUT2D eigenvalue weighted by molar-refractivity contribution is 7.85. The van der Waals surface area contributed by atoms with E-state index >= 15 is 0 Å². The number of halogens is 1. The molecule has 1 aromatic heterocycles. The van der Waals surface area contributed by atoms with Crippen LogP contribution in [0.5, 0.6) is 0 Å². The van der Waals surface area contributed by atoms with Crippen LogP contribution in [0.2, 0.25) is 4.34 Å². The molecule has 2 amide bonds. The number of carbonyl (C=O) groups excluding carboxylic acids is 2. The minimum absolute atomic E-state index is 0.0627. The van der Waals surface area contributed by atoms with E-state index in [0.29, 0.717) is 28.7 Å². The lowest BCUT2D eigenvalue weighted by atomic mass is 10.1. The smallest absolute Gasteiger partial charge is 0.289 e. The number of nitrogens with one attached hydrogen (secondary N) is 1. The standard InChI is InChI=1S/C23H19ClN4O6S2/c24-19-9-8-18(35-19)21(29)28(13-36(31,32)33)17-3-1-2-14-12-27(22(30)20(14)17)16-6-4-15(5-7-16)26-10-11-34-23(26)25/h1-9,25H,10-13H2,(H,31,32,33). The van der Waals surface area contributed by atoms with E-state index in [1.54, 1.807) is 41.3 Å². The molecule has 36 heavy (non-hydrogen) atoms. The second kappa shape index (κ2) is 9.21. The summed E-state index contributed by atoms with van der Waals surface area (Å²) in [6.45, 7) is 1.20. The third-order valence-corrected chi connectivity index (χ3v) is 7.60. The summed E-state index contributed by atoms with van der Waals surface area (Å²) in [5.74, 6) is -2.14. The summed E-state index contributed by atoms with van der Waals surface area (Å²) in [7, 11) is -4.62. The van der Waals surface area contributed by atoms with Crippen molar-refractivity contribution in [1.82, 2.24) is 0 Å². The van der Waals surface area contributed by atoms with Crippen LogP contribution >= 0.6 is 22.9 Å². The van der Waals surface area contributed by atoms with Crippen molar-refractivity contribution in [1.29, 1.82) is 5.41 Å². The maximum atomic E-state index is 13.5. The first-order valence-corrected chi connectivity index (χ1v) is 13.5. The second-order valence-electron chi connectivity index (χ2n) is 8.07. The van der Waals surface area contributed by atoms with Crippen LogP contribution in [0.15, 0.2) is 54.6 Å². The Morgan fingerprint density at radius 2 is 1.81 bits per heavy atom. The first-order chi connectivity index (χ1) is 17.1. The van der Waals surface area contributed by atoms with Crippen molar-refractivity contribution in [2.75, 3.05) is 33.7 Å². The van der Waals surface area contributed by atoms with Gasteiger partial charge in [-0.05, 0) is 48.0 Å². The molecule has 186 valence electrons. The van der Waals surface area contributed by atoms with Gasteiger partial charge in [-0.2, -0.15) is 8.42 Å². The lowest BCUT2D eigenvalue weighted by molar-refractivity contribution is 0.0993. The number of anilines is 3. The molecule has 0 unspecified atom stereocenters. The van der Waals surface area contributed by atoms with Gasteiger partial charge in [-0.3, -0.25) is 29.4 Å². The fourth-order valence-corrected chi connectivity index (χ4v) is 5.79. The van der Waals surface area contributed by atoms with Gasteiger partial charge in [-0.1, -0.05) is 23.7 Å². The van der Waals surface area contributed by atoms with Crippen LogP contribution in [-0.4, -0.2) is 49.8 Å². The molecule has 0 radical (unpaired) electrons. The summed E-state index contributed by atoms with van der Waals surface area (Å²) in [5, 5.41) is 7.85. The summed E-state index contributed by atoms with van der Waals surface area (Å²) in [4.78, 5) is 31.0. The van der Waals surface area contributed by atoms with E-state index < -0.39 is 27.8 Å². The first kappa shape index (κ1) is 24.3. The normalized spacial score (nSPS) is 15.3. The highest BCUT2D eigenvalue weighted by atomic mass is 35.5. The molecule has 0 saturated carbocycles. The minimum atomic E-state index is -4.62. The Labute approximate surface area is 215 Å². The van der Waals surface area contributed by atoms with E-state index in [4.69, 9.17) is 21.7 Å².